The predicted molar refractivity (Wildman–Crippen MR) is 61.3 cm³/mol. The molecule has 0 amide bonds. The largest absolute Gasteiger partial charge is 0.497 e. The van der Waals surface area contributed by atoms with Gasteiger partial charge in [0.2, 0.25) is 0 Å². The van der Waals surface area contributed by atoms with Crippen LogP contribution >= 0.6 is 0 Å². The summed E-state index contributed by atoms with van der Waals surface area (Å²) in [4.78, 5) is 10.9. The van der Waals surface area contributed by atoms with Crippen LogP contribution < -0.4 is 4.74 Å². The first-order valence-electron chi connectivity index (χ1n) is 5.09. The zero-order valence-electron chi connectivity index (χ0n) is 9.33. The number of aromatic carboxylic acids is 1. The summed E-state index contributed by atoms with van der Waals surface area (Å²) in [6.07, 6.45) is 1.48. The summed E-state index contributed by atoms with van der Waals surface area (Å²) < 4.78 is 6.55. The first-order chi connectivity index (χ1) is 8.20. The number of benzene rings is 1. The minimum Gasteiger partial charge on any atom is -0.497 e. The Labute approximate surface area is 98.3 Å². The molecule has 0 fully saturated rings. The maximum absolute atomic E-state index is 10.9. The van der Waals surface area contributed by atoms with Gasteiger partial charge in [-0.25, -0.2) is 4.79 Å². The van der Waals surface area contributed by atoms with Gasteiger partial charge in [-0.05, 0) is 23.8 Å². The number of rotatable bonds is 4. The van der Waals surface area contributed by atoms with E-state index in [9.17, 15) is 4.79 Å². The molecule has 0 saturated heterocycles. The maximum atomic E-state index is 10.9. The molecular formula is C12H12N2O3. The van der Waals surface area contributed by atoms with Gasteiger partial charge in [0, 0.05) is 6.20 Å². The predicted octanol–water partition coefficient (Wildman–Crippen LogP) is 1.64. The van der Waals surface area contributed by atoms with Crippen LogP contribution in [0.2, 0.25) is 0 Å². The van der Waals surface area contributed by atoms with Crippen molar-refractivity contribution in [3.05, 3.63) is 47.8 Å². The molecule has 1 aromatic heterocycles. The van der Waals surface area contributed by atoms with Gasteiger partial charge in [-0.2, -0.15) is 5.10 Å². The van der Waals surface area contributed by atoms with E-state index in [1.165, 1.54) is 16.9 Å². The fraction of sp³-hybridized carbons (Fsp3) is 0.167. The number of carbonyl (C=O) groups is 1. The third-order valence-electron chi connectivity index (χ3n) is 2.40. The van der Waals surface area contributed by atoms with E-state index in [2.05, 4.69) is 5.10 Å². The Morgan fingerprint density at radius 2 is 2.29 bits per heavy atom. The van der Waals surface area contributed by atoms with Gasteiger partial charge in [0.05, 0.1) is 13.7 Å². The lowest BCUT2D eigenvalue weighted by atomic mass is 10.2. The van der Waals surface area contributed by atoms with E-state index in [-0.39, 0.29) is 5.69 Å². The van der Waals surface area contributed by atoms with Gasteiger partial charge in [0.25, 0.3) is 0 Å². The summed E-state index contributed by atoms with van der Waals surface area (Å²) in [5.74, 6) is -0.239. The molecule has 0 bridgehead atoms. The molecule has 0 radical (unpaired) electrons. The third-order valence-corrected chi connectivity index (χ3v) is 2.40. The van der Waals surface area contributed by atoms with Crippen molar-refractivity contribution in [2.24, 2.45) is 0 Å². The molecule has 0 saturated carbocycles. The van der Waals surface area contributed by atoms with E-state index in [1.54, 1.807) is 7.11 Å². The molecule has 0 spiro atoms. The van der Waals surface area contributed by atoms with Gasteiger partial charge >= 0.3 is 5.97 Å². The SMILES string of the molecule is COc1cccc(Cn2nccc2C(=O)O)c1. The summed E-state index contributed by atoms with van der Waals surface area (Å²) in [6.45, 7) is 0.409. The third kappa shape index (κ3) is 2.44. The molecule has 0 unspecified atom stereocenters. The van der Waals surface area contributed by atoms with Gasteiger partial charge in [-0.3, -0.25) is 4.68 Å². The van der Waals surface area contributed by atoms with Crippen molar-refractivity contribution >= 4 is 5.97 Å². The second kappa shape index (κ2) is 4.69. The highest BCUT2D eigenvalue weighted by atomic mass is 16.5. The van der Waals surface area contributed by atoms with Crippen molar-refractivity contribution in [2.45, 2.75) is 6.54 Å². The number of hydrogen-bond donors (Lipinski definition) is 1. The Morgan fingerprint density at radius 3 is 3.00 bits per heavy atom. The van der Waals surface area contributed by atoms with Gasteiger partial charge in [0.15, 0.2) is 0 Å². The molecule has 0 aliphatic carbocycles. The molecule has 1 heterocycles. The number of ether oxygens (including phenoxy) is 1. The van der Waals surface area contributed by atoms with Crippen LogP contribution in [0.25, 0.3) is 0 Å². The summed E-state index contributed by atoms with van der Waals surface area (Å²) in [6, 6.07) is 8.93. The molecule has 0 aliphatic rings. The quantitative estimate of drug-likeness (QED) is 0.870. The van der Waals surface area contributed by atoms with E-state index in [4.69, 9.17) is 9.84 Å². The molecule has 17 heavy (non-hydrogen) atoms. The van der Waals surface area contributed by atoms with Crippen LogP contribution in [-0.4, -0.2) is 28.0 Å². The normalized spacial score (nSPS) is 10.2. The average molecular weight is 232 g/mol. The van der Waals surface area contributed by atoms with Crippen molar-refractivity contribution in [3.63, 3.8) is 0 Å². The van der Waals surface area contributed by atoms with Crippen LogP contribution in [0.4, 0.5) is 0 Å². The molecule has 1 N–H and O–H groups in total. The highest BCUT2D eigenvalue weighted by Crippen LogP contribution is 2.14. The van der Waals surface area contributed by atoms with Crippen molar-refractivity contribution in [2.75, 3.05) is 7.11 Å². The summed E-state index contributed by atoms with van der Waals surface area (Å²) in [7, 11) is 1.59. The van der Waals surface area contributed by atoms with Crippen LogP contribution in [0, 0.1) is 0 Å². The van der Waals surface area contributed by atoms with Crippen LogP contribution in [0.1, 0.15) is 16.1 Å². The Kier molecular flexibility index (Phi) is 3.09. The molecule has 88 valence electrons. The lowest BCUT2D eigenvalue weighted by Crippen LogP contribution is -2.10. The van der Waals surface area contributed by atoms with E-state index in [0.717, 1.165) is 11.3 Å². The van der Waals surface area contributed by atoms with E-state index in [0.29, 0.717) is 6.54 Å². The molecule has 5 nitrogen and oxygen atoms in total. The standard InChI is InChI=1S/C12H12N2O3/c1-17-10-4-2-3-9(7-10)8-14-11(12(15)16)5-6-13-14/h2-7H,8H2,1H3,(H,15,16). The Bertz CT molecular complexity index is 534. The zero-order valence-corrected chi connectivity index (χ0v) is 9.33. The second-order valence-corrected chi connectivity index (χ2v) is 3.53. The van der Waals surface area contributed by atoms with E-state index >= 15 is 0 Å². The Morgan fingerprint density at radius 1 is 1.47 bits per heavy atom. The molecule has 2 aromatic rings. The van der Waals surface area contributed by atoms with Gasteiger partial charge in [-0.15, -0.1) is 0 Å². The zero-order chi connectivity index (χ0) is 12.3. The van der Waals surface area contributed by atoms with Crippen molar-refractivity contribution in [1.29, 1.82) is 0 Å². The van der Waals surface area contributed by atoms with E-state index < -0.39 is 5.97 Å². The molecule has 0 aliphatic heterocycles. The Balaban J connectivity index is 2.25. The first kappa shape index (κ1) is 11.2. The fourth-order valence-corrected chi connectivity index (χ4v) is 1.58. The second-order valence-electron chi connectivity index (χ2n) is 3.53. The average Bonchev–Trinajstić information content (AvgIpc) is 2.77. The first-order valence-corrected chi connectivity index (χ1v) is 5.09. The van der Waals surface area contributed by atoms with Crippen LogP contribution in [0.5, 0.6) is 5.75 Å². The highest BCUT2D eigenvalue weighted by molar-refractivity contribution is 5.85. The van der Waals surface area contributed by atoms with Crippen LogP contribution in [0.3, 0.4) is 0 Å². The lowest BCUT2D eigenvalue weighted by molar-refractivity contribution is 0.0684. The summed E-state index contributed by atoms with van der Waals surface area (Å²) in [5.41, 5.74) is 1.11. The maximum Gasteiger partial charge on any atom is 0.354 e. The summed E-state index contributed by atoms with van der Waals surface area (Å²) >= 11 is 0. The lowest BCUT2D eigenvalue weighted by Gasteiger charge is -2.06. The van der Waals surface area contributed by atoms with Gasteiger partial charge in [-0.1, -0.05) is 12.1 Å². The molecular weight excluding hydrogens is 220 g/mol. The number of aromatic nitrogens is 2. The number of nitrogens with zero attached hydrogens (tertiary/aromatic N) is 2. The van der Waals surface area contributed by atoms with Crippen molar-refractivity contribution in [3.8, 4) is 5.75 Å². The van der Waals surface area contributed by atoms with E-state index in [1.807, 2.05) is 24.3 Å². The minimum atomic E-state index is -0.981. The fourth-order valence-electron chi connectivity index (χ4n) is 1.58. The summed E-state index contributed by atoms with van der Waals surface area (Å²) in [5, 5.41) is 12.9. The van der Waals surface area contributed by atoms with Crippen LogP contribution in [0.15, 0.2) is 36.5 Å². The minimum absolute atomic E-state index is 0.174. The highest BCUT2D eigenvalue weighted by Gasteiger charge is 2.10. The Hall–Kier alpha value is -2.30. The van der Waals surface area contributed by atoms with Crippen LogP contribution in [-0.2, 0) is 6.54 Å². The molecule has 0 atom stereocenters. The number of hydrogen-bond acceptors (Lipinski definition) is 3. The number of carboxylic acid groups (broad SMARTS) is 1. The van der Waals surface area contributed by atoms with Crippen molar-refractivity contribution < 1.29 is 14.6 Å². The molecule has 1 aromatic carbocycles. The smallest absolute Gasteiger partial charge is 0.354 e. The number of methoxy groups -OCH3 is 1. The van der Waals surface area contributed by atoms with Gasteiger partial charge < -0.3 is 9.84 Å². The number of carboxylic acids is 1. The van der Waals surface area contributed by atoms with Gasteiger partial charge in [0.1, 0.15) is 11.4 Å². The monoisotopic (exact) mass is 232 g/mol. The van der Waals surface area contributed by atoms with Crippen molar-refractivity contribution in [1.82, 2.24) is 9.78 Å². The molecule has 2 rings (SSSR count). The molecule has 5 heteroatoms. The topological polar surface area (TPSA) is 64.4 Å².